The normalized spacial score (nSPS) is 11.7. The summed E-state index contributed by atoms with van der Waals surface area (Å²) < 4.78 is 40.4. The standard InChI is InChI=1S/C19H21FN4O2S/c1-13-4-3-5-15(10-13)12-19-22-18(23-24-19)8-9-21-27(25,26)16-6-7-17(20)14(2)11-16/h3-7,10-11,21H,8-9,12H2,1-2H3,(H,22,23,24). The van der Waals surface area contributed by atoms with Gasteiger partial charge < -0.3 is 0 Å². The van der Waals surface area contributed by atoms with E-state index < -0.39 is 15.8 Å². The lowest BCUT2D eigenvalue weighted by Gasteiger charge is -2.07. The van der Waals surface area contributed by atoms with E-state index in [0.717, 1.165) is 17.5 Å². The number of hydrogen-bond donors (Lipinski definition) is 2. The lowest BCUT2D eigenvalue weighted by atomic mass is 10.1. The Morgan fingerprint density at radius 1 is 1.15 bits per heavy atom. The van der Waals surface area contributed by atoms with Gasteiger partial charge in [-0.05, 0) is 43.2 Å². The molecule has 0 saturated carbocycles. The fourth-order valence-electron chi connectivity index (χ4n) is 2.71. The van der Waals surface area contributed by atoms with Crippen molar-refractivity contribution in [1.82, 2.24) is 19.9 Å². The van der Waals surface area contributed by atoms with Crippen molar-refractivity contribution in [3.63, 3.8) is 0 Å². The SMILES string of the molecule is Cc1cccc(Cc2nc(CCNS(=O)(=O)c3ccc(F)c(C)c3)n[nH]2)c1. The highest BCUT2D eigenvalue weighted by molar-refractivity contribution is 7.89. The molecule has 8 heteroatoms. The minimum atomic E-state index is -3.70. The zero-order chi connectivity index (χ0) is 19.4. The summed E-state index contributed by atoms with van der Waals surface area (Å²) in [5, 5.41) is 7.02. The van der Waals surface area contributed by atoms with Crippen LogP contribution < -0.4 is 4.72 Å². The molecule has 0 bridgehead atoms. The third-order valence-electron chi connectivity index (χ3n) is 4.11. The smallest absolute Gasteiger partial charge is 0.240 e. The first-order valence-corrected chi connectivity index (χ1v) is 10.0. The lowest BCUT2D eigenvalue weighted by Crippen LogP contribution is -2.26. The van der Waals surface area contributed by atoms with Crippen molar-refractivity contribution in [2.75, 3.05) is 6.54 Å². The minimum Gasteiger partial charge on any atom is -0.263 e. The van der Waals surface area contributed by atoms with E-state index in [1.54, 1.807) is 0 Å². The van der Waals surface area contributed by atoms with Gasteiger partial charge in [-0.3, -0.25) is 5.10 Å². The van der Waals surface area contributed by atoms with E-state index in [-0.39, 0.29) is 17.0 Å². The zero-order valence-corrected chi connectivity index (χ0v) is 16.0. The summed E-state index contributed by atoms with van der Waals surface area (Å²) in [4.78, 5) is 4.44. The number of rotatable bonds is 7. The summed E-state index contributed by atoms with van der Waals surface area (Å²) in [6.45, 7) is 3.71. The van der Waals surface area contributed by atoms with Gasteiger partial charge in [-0.15, -0.1) is 0 Å². The first kappa shape index (κ1) is 19.2. The first-order chi connectivity index (χ1) is 12.8. The van der Waals surface area contributed by atoms with E-state index >= 15 is 0 Å². The molecule has 6 nitrogen and oxygen atoms in total. The number of sulfonamides is 1. The molecule has 0 aliphatic carbocycles. The van der Waals surface area contributed by atoms with E-state index in [0.29, 0.717) is 18.7 Å². The van der Waals surface area contributed by atoms with E-state index in [2.05, 4.69) is 26.0 Å². The molecule has 0 aliphatic heterocycles. The molecule has 3 rings (SSSR count). The van der Waals surface area contributed by atoms with Crippen LogP contribution in [0.5, 0.6) is 0 Å². The molecule has 1 aromatic heterocycles. The Morgan fingerprint density at radius 2 is 1.96 bits per heavy atom. The number of hydrogen-bond acceptors (Lipinski definition) is 4. The third-order valence-corrected chi connectivity index (χ3v) is 5.57. The second kappa shape index (κ2) is 7.98. The highest BCUT2D eigenvalue weighted by atomic mass is 32.2. The van der Waals surface area contributed by atoms with E-state index in [1.807, 2.05) is 25.1 Å². The lowest BCUT2D eigenvalue weighted by molar-refractivity contribution is 0.579. The quantitative estimate of drug-likeness (QED) is 0.651. The molecule has 0 amide bonds. The topological polar surface area (TPSA) is 87.7 Å². The molecule has 2 N–H and O–H groups in total. The molecule has 0 spiro atoms. The summed E-state index contributed by atoms with van der Waals surface area (Å²) in [7, 11) is -3.70. The minimum absolute atomic E-state index is 0.0384. The van der Waals surface area contributed by atoms with Crippen molar-refractivity contribution in [3.8, 4) is 0 Å². The van der Waals surface area contributed by atoms with Crippen LogP contribution in [0.3, 0.4) is 0 Å². The van der Waals surface area contributed by atoms with Crippen molar-refractivity contribution in [2.45, 2.75) is 31.6 Å². The number of nitrogens with one attached hydrogen (secondary N) is 2. The summed E-state index contributed by atoms with van der Waals surface area (Å²) in [6, 6.07) is 11.8. The summed E-state index contributed by atoms with van der Waals surface area (Å²) in [5.74, 6) is 0.832. The Morgan fingerprint density at radius 3 is 2.70 bits per heavy atom. The van der Waals surface area contributed by atoms with E-state index in [4.69, 9.17) is 0 Å². The Kier molecular flexibility index (Phi) is 5.67. The van der Waals surface area contributed by atoms with Crippen LogP contribution in [0.1, 0.15) is 28.3 Å². The average Bonchev–Trinajstić information content (AvgIpc) is 3.04. The van der Waals surface area contributed by atoms with Crippen molar-refractivity contribution < 1.29 is 12.8 Å². The first-order valence-electron chi connectivity index (χ1n) is 8.55. The van der Waals surface area contributed by atoms with Crippen LogP contribution in [0.25, 0.3) is 0 Å². The van der Waals surface area contributed by atoms with Crippen molar-refractivity contribution in [2.24, 2.45) is 0 Å². The number of aromatic nitrogens is 3. The van der Waals surface area contributed by atoms with Crippen LogP contribution in [0.15, 0.2) is 47.4 Å². The van der Waals surface area contributed by atoms with Gasteiger partial charge >= 0.3 is 0 Å². The second-order valence-corrected chi connectivity index (χ2v) is 8.19. The van der Waals surface area contributed by atoms with Crippen LogP contribution in [0.4, 0.5) is 4.39 Å². The highest BCUT2D eigenvalue weighted by Gasteiger charge is 2.15. The molecule has 3 aromatic rings. The molecule has 0 aliphatic rings. The number of aromatic amines is 1. The van der Waals surface area contributed by atoms with Crippen LogP contribution in [0.2, 0.25) is 0 Å². The van der Waals surface area contributed by atoms with Gasteiger partial charge in [0.2, 0.25) is 10.0 Å². The fraction of sp³-hybridized carbons (Fsp3) is 0.263. The maximum Gasteiger partial charge on any atom is 0.240 e. The molecule has 2 aromatic carbocycles. The Labute approximate surface area is 157 Å². The second-order valence-electron chi connectivity index (χ2n) is 6.42. The Balaban J connectivity index is 1.57. The Bertz CT molecular complexity index is 1050. The van der Waals surface area contributed by atoms with Gasteiger partial charge in [0.25, 0.3) is 0 Å². The molecule has 27 heavy (non-hydrogen) atoms. The van der Waals surface area contributed by atoms with Gasteiger partial charge in [0.05, 0.1) is 4.90 Å². The number of nitrogens with zero attached hydrogens (tertiary/aromatic N) is 2. The summed E-state index contributed by atoms with van der Waals surface area (Å²) in [6.07, 6.45) is 0.985. The Hall–Kier alpha value is -2.58. The zero-order valence-electron chi connectivity index (χ0n) is 15.2. The van der Waals surface area contributed by atoms with E-state index in [1.165, 1.54) is 24.6 Å². The van der Waals surface area contributed by atoms with Crippen molar-refractivity contribution >= 4 is 10.0 Å². The van der Waals surface area contributed by atoms with Gasteiger partial charge in [-0.2, -0.15) is 5.10 Å². The van der Waals surface area contributed by atoms with Crippen LogP contribution in [-0.2, 0) is 22.9 Å². The van der Waals surface area contributed by atoms with Gasteiger partial charge in [-0.1, -0.05) is 29.8 Å². The predicted octanol–water partition coefficient (Wildman–Crippen LogP) is 2.67. The van der Waals surface area contributed by atoms with Gasteiger partial charge in [0.1, 0.15) is 11.6 Å². The number of benzene rings is 2. The largest absolute Gasteiger partial charge is 0.263 e. The highest BCUT2D eigenvalue weighted by Crippen LogP contribution is 2.14. The molecule has 142 valence electrons. The maximum atomic E-state index is 13.3. The molecular weight excluding hydrogens is 367 g/mol. The number of H-pyrrole nitrogens is 1. The molecule has 0 unspecified atom stereocenters. The maximum absolute atomic E-state index is 13.3. The molecule has 1 heterocycles. The van der Waals surface area contributed by atoms with Gasteiger partial charge in [0, 0.05) is 19.4 Å². The molecule has 0 saturated heterocycles. The van der Waals surface area contributed by atoms with Crippen LogP contribution in [-0.4, -0.2) is 30.1 Å². The predicted molar refractivity (Wildman–Crippen MR) is 100 cm³/mol. The van der Waals surface area contributed by atoms with Crippen molar-refractivity contribution in [3.05, 3.63) is 76.6 Å². The molecular formula is C19H21FN4O2S. The molecule has 0 atom stereocenters. The monoisotopic (exact) mass is 388 g/mol. The fourth-order valence-corrected chi connectivity index (χ4v) is 3.82. The molecule has 0 radical (unpaired) electrons. The summed E-state index contributed by atoms with van der Waals surface area (Å²) in [5.41, 5.74) is 2.59. The third kappa shape index (κ3) is 4.99. The van der Waals surface area contributed by atoms with Gasteiger partial charge in [-0.25, -0.2) is 22.5 Å². The number of halogens is 1. The van der Waals surface area contributed by atoms with Crippen LogP contribution >= 0.6 is 0 Å². The van der Waals surface area contributed by atoms with Crippen molar-refractivity contribution in [1.29, 1.82) is 0 Å². The summed E-state index contributed by atoms with van der Waals surface area (Å²) >= 11 is 0. The van der Waals surface area contributed by atoms with E-state index in [9.17, 15) is 12.8 Å². The number of aryl methyl sites for hydroxylation is 2. The average molecular weight is 388 g/mol. The van der Waals surface area contributed by atoms with Gasteiger partial charge in [0.15, 0.2) is 5.82 Å². The van der Waals surface area contributed by atoms with Crippen LogP contribution in [0, 0.1) is 19.7 Å². The molecule has 0 fully saturated rings.